The van der Waals surface area contributed by atoms with Gasteiger partial charge < -0.3 is 9.31 Å². The van der Waals surface area contributed by atoms with Crippen LogP contribution in [0.1, 0.15) is 45.6 Å². The van der Waals surface area contributed by atoms with Crippen molar-refractivity contribution >= 4 is 7.12 Å². The summed E-state index contributed by atoms with van der Waals surface area (Å²) < 4.78 is 13.1. The molecule has 0 N–H and O–H groups in total. The SMILES string of the molecule is CC(C)(C)B1O[C@@H]2C3CCC(C3)[C@]2(c2ccccc2)O1. The lowest BCUT2D eigenvalue weighted by molar-refractivity contribution is -0.0149. The summed E-state index contributed by atoms with van der Waals surface area (Å²) in [6, 6.07) is 10.8. The van der Waals surface area contributed by atoms with Crippen molar-refractivity contribution in [2.24, 2.45) is 11.8 Å². The van der Waals surface area contributed by atoms with E-state index in [9.17, 15) is 0 Å². The summed E-state index contributed by atoms with van der Waals surface area (Å²) in [6.45, 7) is 6.62. The summed E-state index contributed by atoms with van der Waals surface area (Å²) in [6.07, 6.45) is 4.13. The van der Waals surface area contributed by atoms with Crippen LogP contribution in [0.2, 0.25) is 5.31 Å². The minimum atomic E-state index is -0.178. The summed E-state index contributed by atoms with van der Waals surface area (Å²) >= 11 is 0. The minimum absolute atomic E-state index is 0.0333. The molecule has 1 aromatic carbocycles. The highest BCUT2D eigenvalue weighted by atomic mass is 16.7. The van der Waals surface area contributed by atoms with E-state index in [2.05, 4.69) is 51.1 Å². The third-order valence-electron chi connectivity index (χ3n) is 5.43. The predicted octanol–water partition coefficient (Wildman–Crippen LogP) is 4.02. The van der Waals surface area contributed by atoms with Crippen LogP contribution < -0.4 is 0 Å². The Labute approximate surface area is 122 Å². The lowest BCUT2D eigenvalue weighted by Crippen LogP contribution is -2.42. The first-order valence-electron chi connectivity index (χ1n) is 7.90. The Morgan fingerprint density at radius 3 is 2.60 bits per heavy atom. The first-order chi connectivity index (χ1) is 9.52. The number of benzene rings is 1. The van der Waals surface area contributed by atoms with Crippen LogP contribution in [-0.4, -0.2) is 13.2 Å². The van der Waals surface area contributed by atoms with Crippen molar-refractivity contribution < 1.29 is 9.31 Å². The number of fused-ring (bicyclic) bond motifs is 5. The van der Waals surface area contributed by atoms with E-state index >= 15 is 0 Å². The zero-order valence-corrected chi connectivity index (χ0v) is 12.6. The van der Waals surface area contributed by atoms with Crippen molar-refractivity contribution in [3.63, 3.8) is 0 Å². The molecular weight excluding hydrogens is 247 g/mol. The van der Waals surface area contributed by atoms with Gasteiger partial charge in [0.25, 0.3) is 0 Å². The van der Waals surface area contributed by atoms with Crippen LogP contribution in [0.5, 0.6) is 0 Å². The number of rotatable bonds is 1. The fraction of sp³-hybridized carbons (Fsp3) is 0.647. The molecule has 1 aliphatic heterocycles. The largest absolute Gasteiger partial charge is 0.463 e. The number of hydrogen-bond acceptors (Lipinski definition) is 2. The highest BCUT2D eigenvalue weighted by Gasteiger charge is 2.67. The van der Waals surface area contributed by atoms with Gasteiger partial charge in [0.2, 0.25) is 0 Å². The van der Waals surface area contributed by atoms with Gasteiger partial charge in [0, 0.05) is 0 Å². The molecule has 0 radical (unpaired) electrons. The van der Waals surface area contributed by atoms with Gasteiger partial charge in [0.05, 0.1) is 6.10 Å². The van der Waals surface area contributed by atoms with Gasteiger partial charge in [-0.3, -0.25) is 0 Å². The second-order valence-electron chi connectivity index (χ2n) is 7.80. The van der Waals surface area contributed by atoms with Gasteiger partial charge in [-0.15, -0.1) is 0 Å². The molecule has 2 aliphatic carbocycles. The summed E-state index contributed by atoms with van der Waals surface area (Å²) in [5.41, 5.74) is 1.14. The van der Waals surface area contributed by atoms with Crippen LogP contribution in [0.4, 0.5) is 0 Å². The average molecular weight is 270 g/mol. The Bertz CT molecular complexity index is 509. The van der Waals surface area contributed by atoms with E-state index in [1.54, 1.807) is 0 Å². The van der Waals surface area contributed by atoms with E-state index in [1.807, 2.05) is 0 Å². The molecule has 2 saturated carbocycles. The topological polar surface area (TPSA) is 18.5 Å². The van der Waals surface area contributed by atoms with Gasteiger partial charge in [-0.05, 0) is 42.0 Å². The fourth-order valence-electron chi connectivity index (χ4n) is 4.52. The third-order valence-corrected chi connectivity index (χ3v) is 5.43. The third kappa shape index (κ3) is 1.60. The van der Waals surface area contributed by atoms with Crippen molar-refractivity contribution in [3.8, 4) is 0 Å². The summed E-state index contributed by atoms with van der Waals surface area (Å²) in [7, 11) is -0.0869. The van der Waals surface area contributed by atoms with Gasteiger partial charge in [-0.25, -0.2) is 0 Å². The van der Waals surface area contributed by atoms with Crippen molar-refractivity contribution in [1.29, 1.82) is 0 Å². The summed E-state index contributed by atoms with van der Waals surface area (Å²) in [5, 5.41) is 0.0333. The maximum Gasteiger partial charge on any atom is 0.463 e. The normalized spacial score (nSPS) is 39.4. The number of hydrogen-bond donors (Lipinski definition) is 0. The minimum Gasteiger partial charge on any atom is -0.404 e. The molecule has 3 heteroatoms. The smallest absolute Gasteiger partial charge is 0.404 e. The van der Waals surface area contributed by atoms with Crippen LogP contribution in [0.25, 0.3) is 0 Å². The van der Waals surface area contributed by atoms with Gasteiger partial charge in [-0.1, -0.05) is 51.1 Å². The molecule has 4 rings (SSSR count). The Kier molecular flexibility index (Phi) is 2.65. The molecule has 0 amide bonds. The van der Waals surface area contributed by atoms with Crippen LogP contribution in [0, 0.1) is 11.8 Å². The highest BCUT2D eigenvalue weighted by Crippen LogP contribution is 2.63. The molecule has 0 aromatic heterocycles. The van der Waals surface area contributed by atoms with E-state index < -0.39 is 0 Å². The van der Waals surface area contributed by atoms with E-state index in [1.165, 1.54) is 24.8 Å². The second-order valence-corrected chi connectivity index (χ2v) is 7.80. The molecule has 2 nitrogen and oxygen atoms in total. The molecule has 106 valence electrons. The molecule has 3 aliphatic rings. The Morgan fingerprint density at radius 1 is 1.15 bits per heavy atom. The predicted molar refractivity (Wildman–Crippen MR) is 80.4 cm³/mol. The highest BCUT2D eigenvalue weighted by molar-refractivity contribution is 6.49. The maximum atomic E-state index is 6.64. The molecule has 1 aromatic rings. The first-order valence-corrected chi connectivity index (χ1v) is 7.90. The van der Waals surface area contributed by atoms with Gasteiger partial charge in [0.1, 0.15) is 5.60 Å². The molecular formula is C17H23BO2. The van der Waals surface area contributed by atoms with Crippen molar-refractivity contribution in [2.75, 3.05) is 0 Å². The van der Waals surface area contributed by atoms with E-state index in [0.717, 1.165) is 0 Å². The standard InChI is InChI=1S/C17H23BO2/c1-16(2,3)18-19-15-12-9-10-14(11-12)17(15,20-18)13-7-5-4-6-8-13/h4-8,12,14-15H,9-11H2,1-3H3/t12?,14?,15-,17+/m1/s1. The Morgan fingerprint density at radius 2 is 1.90 bits per heavy atom. The summed E-state index contributed by atoms with van der Waals surface area (Å²) in [4.78, 5) is 0. The quantitative estimate of drug-likeness (QED) is 0.718. The molecule has 2 unspecified atom stereocenters. The monoisotopic (exact) mass is 270 g/mol. The zero-order valence-electron chi connectivity index (χ0n) is 12.6. The van der Waals surface area contributed by atoms with E-state index in [4.69, 9.17) is 9.31 Å². The maximum absolute atomic E-state index is 6.64. The molecule has 20 heavy (non-hydrogen) atoms. The Hall–Kier alpha value is -0.795. The van der Waals surface area contributed by atoms with Gasteiger partial charge in [0.15, 0.2) is 0 Å². The van der Waals surface area contributed by atoms with Crippen LogP contribution in [0.3, 0.4) is 0 Å². The Balaban J connectivity index is 1.78. The van der Waals surface area contributed by atoms with Gasteiger partial charge >= 0.3 is 7.12 Å². The van der Waals surface area contributed by atoms with Crippen molar-refractivity contribution in [1.82, 2.24) is 0 Å². The lowest BCUT2D eigenvalue weighted by Gasteiger charge is -2.38. The second kappa shape index (κ2) is 4.11. The van der Waals surface area contributed by atoms with E-state index in [-0.39, 0.29) is 24.1 Å². The summed E-state index contributed by atoms with van der Waals surface area (Å²) in [5.74, 6) is 1.32. The molecule has 3 fully saturated rings. The van der Waals surface area contributed by atoms with Gasteiger partial charge in [-0.2, -0.15) is 0 Å². The van der Waals surface area contributed by atoms with Crippen LogP contribution in [-0.2, 0) is 14.9 Å². The lowest BCUT2D eigenvalue weighted by atomic mass is 9.61. The molecule has 4 atom stereocenters. The zero-order chi connectivity index (χ0) is 14.0. The van der Waals surface area contributed by atoms with Crippen LogP contribution in [0.15, 0.2) is 30.3 Å². The van der Waals surface area contributed by atoms with Crippen LogP contribution >= 0.6 is 0 Å². The van der Waals surface area contributed by atoms with Crippen molar-refractivity contribution in [3.05, 3.63) is 35.9 Å². The van der Waals surface area contributed by atoms with Crippen molar-refractivity contribution in [2.45, 2.75) is 57.1 Å². The molecule has 0 spiro atoms. The molecule has 1 saturated heterocycles. The van der Waals surface area contributed by atoms with E-state index in [0.29, 0.717) is 11.8 Å². The first kappa shape index (κ1) is 12.9. The molecule has 1 heterocycles. The fourth-order valence-corrected chi connectivity index (χ4v) is 4.52. The average Bonchev–Trinajstić information content (AvgIpc) is 3.10. The molecule has 2 bridgehead atoms.